The van der Waals surface area contributed by atoms with Crippen LogP contribution < -0.4 is 11.1 Å². The van der Waals surface area contributed by atoms with Crippen LogP contribution in [0, 0.1) is 0 Å². The first-order valence-electron chi connectivity index (χ1n) is 11.8. The van der Waals surface area contributed by atoms with E-state index < -0.39 is 10.0 Å². The number of hydrogen-bond donors (Lipinski definition) is 2. The highest BCUT2D eigenvalue weighted by molar-refractivity contribution is 7.90. The highest BCUT2D eigenvalue weighted by atomic mass is 32.2. The van der Waals surface area contributed by atoms with Gasteiger partial charge in [-0.05, 0) is 53.1 Å². The molecule has 5 aromatic rings. The van der Waals surface area contributed by atoms with Crippen LogP contribution in [0.2, 0.25) is 0 Å². The van der Waals surface area contributed by atoms with Crippen molar-refractivity contribution in [2.75, 3.05) is 11.1 Å². The third-order valence-corrected chi connectivity index (χ3v) is 7.57. The number of hydrogen-bond acceptors (Lipinski definition) is 5. The van der Waals surface area contributed by atoms with Crippen molar-refractivity contribution in [3.63, 3.8) is 0 Å². The molecule has 0 unspecified atom stereocenters. The Labute approximate surface area is 220 Å². The summed E-state index contributed by atoms with van der Waals surface area (Å²) in [5.74, 6) is -0.374. The highest BCUT2D eigenvalue weighted by Gasteiger charge is 2.17. The van der Waals surface area contributed by atoms with E-state index in [4.69, 9.17) is 5.73 Å². The molecule has 0 saturated heterocycles. The van der Waals surface area contributed by atoms with Gasteiger partial charge in [-0.1, -0.05) is 54.6 Å². The van der Waals surface area contributed by atoms with Crippen LogP contribution in [0.1, 0.15) is 11.1 Å². The quantitative estimate of drug-likeness (QED) is 0.223. The van der Waals surface area contributed by atoms with Gasteiger partial charge in [0.05, 0.1) is 29.0 Å². The second-order valence-corrected chi connectivity index (χ2v) is 10.5. The van der Waals surface area contributed by atoms with Crippen LogP contribution in [0.15, 0.2) is 121 Å². The van der Waals surface area contributed by atoms with Crippen molar-refractivity contribution in [1.82, 2.24) is 13.8 Å². The number of carbonyl (C=O) groups excluding carboxylic acids is 1. The average molecular weight is 524 g/mol. The Balaban J connectivity index is 1.26. The SMILES string of the molecule is Nc1ccccc1NC(=O)C=Cc1ccn(S(=O)(=O)c2ccc(-c3cnn(Cc4ccccc4)c3)cc2)c1. The van der Waals surface area contributed by atoms with E-state index in [1.54, 1.807) is 60.8 Å². The maximum Gasteiger partial charge on any atom is 0.267 e. The smallest absolute Gasteiger partial charge is 0.267 e. The summed E-state index contributed by atoms with van der Waals surface area (Å²) in [6.45, 7) is 0.652. The number of amides is 1. The number of carbonyl (C=O) groups is 1. The normalized spacial score (nSPS) is 11.6. The summed E-state index contributed by atoms with van der Waals surface area (Å²) >= 11 is 0. The molecule has 0 radical (unpaired) electrons. The van der Waals surface area contributed by atoms with Crippen molar-refractivity contribution < 1.29 is 13.2 Å². The number of anilines is 2. The molecule has 2 heterocycles. The first-order valence-corrected chi connectivity index (χ1v) is 13.3. The molecule has 3 N–H and O–H groups in total. The maximum atomic E-state index is 13.1. The van der Waals surface area contributed by atoms with E-state index >= 15 is 0 Å². The average Bonchev–Trinajstić information content (AvgIpc) is 3.60. The van der Waals surface area contributed by atoms with E-state index in [2.05, 4.69) is 10.4 Å². The Hall–Kier alpha value is -4.89. The summed E-state index contributed by atoms with van der Waals surface area (Å²) in [7, 11) is -3.80. The van der Waals surface area contributed by atoms with Crippen LogP contribution >= 0.6 is 0 Å². The Morgan fingerprint density at radius 3 is 2.39 bits per heavy atom. The predicted octanol–water partition coefficient (Wildman–Crippen LogP) is 4.87. The third-order valence-electron chi connectivity index (χ3n) is 5.92. The van der Waals surface area contributed by atoms with Crippen molar-refractivity contribution in [3.8, 4) is 11.1 Å². The number of para-hydroxylation sites is 2. The molecule has 0 aliphatic carbocycles. The fourth-order valence-corrected chi connectivity index (χ4v) is 5.11. The Morgan fingerprint density at radius 1 is 0.895 bits per heavy atom. The van der Waals surface area contributed by atoms with Gasteiger partial charge in [0.15, 0.2) is 0 Å². The largest absolute Gasteiger partial charge is 0.397 e. The summed E-state index contributed by atoms with van der Waals surface area (Å²) in [4.78, 5) is 12.4. The van der Waals surface area contributed by atoms with E-state index in [0.717, 1.165) is 20.7 Å². The number of rotatable bonds is 8. The van der Waals surface area contributed by atoms with Gasteiger partial charge in [0.25, 0.3) is 10.0 Å². The van der Waals surface area contributed by atoms with Crippen molar-refractivity contribution in [3.05, 3.63) is 127 Å². The van der Waals surface area contributed by atoms with Gasteiger partial charge in [-0.25, -0.2) is 12.4 Å². The van der Waals surface area contributed by atoms with Crippen molar-refractivity contribution in [2.45, 2.75) is 11.4 Å². The summed E-state index contributed by atoms with van der Waals surface area (Å²) in [5, 5.41) is 7.11. The van der Waals surface area contributed by atoms with Crippen LogP contribution in [-0.2, 0) is 21.4 Å². The number of nitrogens with zero attached hydrogens (tertiary/aromatic N) is 3. The molecule has 0 spiro atoms. The summed E-state index contributed by atoms with van der Waals surface area (Å²) in [6, 6.07) is 25.3. The van der Waals surface area contributed by atoms with Crippen molar-refractivity contribution >= 4 is 33.4 Å². The molecule has 0 fully saturated rings. The second kappa shape index (κ2) is 10.6. The van der Waals surface area contributed by atoms with Gasteiger partial charge >= 0.3 is 0 Å². The van der Waals surface area contributed by atoms with Crippen LogP contribution in [0.4, 0.5) is 11.4 Å². The first kappa shape index (κ1) is 24.8. The minimum atomic E-state index is -3.80. The van der Waals surface area contributed by atoms with Gasteiger partial charge < -0.3 is 11.1 Å². The topological polar surface area (TPSA) is 112 Å². The Kier molecular flexibility index (Phi) is 6.92. The molecule has 1 amide bonds. The van der Waals surface area contributed by atoms with E-state index in [0.29, 0.717) is 23.5 Å². The molecule has 2 aromatic heterocycles. The van der Waals surface area contributed by atoms with Crippen molar-refractivity contribution in [2.24, 2.45) is 0 Å². The van der Waals surface area contributed by atoms with Gasteiger partial charge in [-0.3, -0.25) is 9.48 Å². The lowest BCUT2D eigenvalue weighted by Gasteiger charge is -2.06. The van der Waals surface area contributed by atoms with Gasteiger partial charge in [-0.2, -0.15) is 5.10 Å². The maximum absolute atomic E-state index is 13.1. The number of benzene rings is 3. The molecule has 0 aliphatic rings. The number of nitrogens with two attached hydrogens (primary N) is 1. The molecule has 3 aromatic carbocycles. The van der Waals surface area contributed by atoms with E-state index in [1.807, 2.05) is 41.2 Å². The van der Waals surface area contributed by atoms with Crippen molar-refractivity contribution in [1.29, 1.82) is 0 Å². The molecule has 5 rings (SSSR count). The second-order valence-electron chi connectivity index (χ2n) is 8.63. The van der Waals surface area contributed by atoms with Gasteiger partial charge in [0.2, 0.25) is 5.91 Å². The minimum Gasteiger partial charge on any atom is -0.397 e. The lowest BCUT2D eigenvalue weighted by molar-refractivity contribution is -0.111. The van der Waals surface area contributed by atoms with Crippen LogP contribution in [0.3, 0.4) is 0 Å². The van der Waals surface area contributed by atoms with E-state index in [9.17, 15) is 13.2 Å². The molecular weight excluding hydrogens is 498 g/mol. The molecule has 8 nitrogen and oxygen atoms in total. The summed E-state index contributed by atoms with van der Waals surface area (Å²) < 4.78 is 29.3. The van der Waals surface area contributed by atoms with Crippen LogP contribution in [-0.4, -0.2) is 28.1 Å². The van der Waals surface area contributed by atoms with Crippen LogP contribution in [0.5, 0.6) is 0 Å². The molecule has 0 bridgehead atoms. The van der Waals surface area contributed by atoms with Gasteiger partial charge in [0, 0.05) is 30.2 Å². The zero-order chi connectivity index (χ0) is 26.5. The molecule has 9 heteroatoms. The minimum absolute atomic E-state index is 0.154. The summed E-state index contributed by atoms with van der Waals surface area (Å²) in [6.07, 6.45) is 9.46. The Morgan fingerprint density at radius 2 is 1.63 bits per heavy atom. The molecule has 0 aliphatic heterocycles. The lowest BCUT2D eigenvalue weighted by Crippen LogP contribution is -2.10. The summed E-state index contributed by atoms with van der Waals surface area (Å²) in [5.41, 5.74) is 10.3. The molecule has 0 saturated carbocycles. The zero-order valence-corrected chi connectivity index (χ0v) is 21.1. The predicted molar refractivity (Wildman–Crippen MR) is 149 cm³/mol. The Bertz CT molecular complexity index is 1700. The standard InChI is InChI=1S/C29H25N5O3S/c30-27-8-4-5-9-28(27)32-29(35)15-10-23-16-17-34(20-23)38(36,37)26-13-11-24(12-14-26)25-18-31-33(21-25)19-22-6-2-1-3-7-22/h1-18,20-21H,19,30H2,(H,32,35). The molecular formula is C29H25N5O3S. The zero-order valence-electron chi connectivity index (χ0n) is 20.3. The van der Waals surface area contributed by atoms with E-state index in [-0.39, 0.29) is 10.8 Å². The van der Waals surface area contributed by atoms with E-state index in [1.165, 1.54) is 24.5 Å². The lowest BCUT2D eigenvalue weighted by atomic mass is 10.1. The fraction of sp³-hybridized carbons (Fsp3) is 0.0345. The fourth-order valence-electron chi connectivity index (χ4n) is 3.91. The first-order chi connectivity index (χ1) is 18.4. The number of nitrogen functional groups attached to an aromatic ring is 1. The van der Waals surface area contributed by atoms with Crippen LogP contribution in [0.25, 0.3) is 17.2 Å². The van der Waals surface area contributed by atoms with Gasteiger partial charge in [0.1, 0.15) is 0 Å². The number of nitrogens with one attached hydrogen (secondary N) is 1. The molecule has 190 valence electrons. The highest BCUT2D eigenvalue weighted by Crippen LogP contribution is 2.23. The molecule has 38 heavy (non-hydrogen) atoms. The monoisotopic (exact) mass is 523 g/mol. The number of aromatic nitrogens is 3. The van der Waals surface area contributed by atoms with Gasteiger partial charge in [-0.15, -0.1) is 0 Å². The third kappa shape index (κ3) is 5.58. The molecule has 0 atom stereocenters.